The molecule has 3 aliphatic rings. The Morgan fingerprint density at radius 2 is 1.07 bits per heavy atom. The van der Waals surface area contributed by atoms with E-state index in [1.807, 2.05) is 72.8 Å². The van der Waals surface area contributed by atoms with Gasteiger partial charge in [0.15, 0.2) is 23.1 Å². The number of aromatic nitrogens is 3. The molecule has 0 radical (unpaired) electrons. The molecule has 1 fully saturated rings. The zero-order valence-electron chi connectivity index (χ0n) is 32.4. The lowest BCUT2D eigenvalue weighted by molar-refractivity contribution is 0.163. The van der Waals surface area contributed by atoms with Crippen molar-refractivity contribution in [2.45, 2.75) is 43.1 Å². The third kappa shape index (κ3) is 5.33. The lowest BCUT2D eigenvalue weighted by atomic mass is 9.66. The van der Waals surface area contributed by atoms with Gasteiger partial charge in [-0.15, -0.1) is 0 Å². The van der Waals surface area contributed by atoms with Crippen LogP contribution in [0.25, 0.3) is 62.1 Å². The van der Waals surface area contributed by atoms with Crippen molar-refractivity contribution in [2.24, 2.45) is 0 Å². The molecule has 1 aliphatic heterocycles. The molecule has 7 aromatic carbocycles. The van der Waals surface area contributed by atoms with Crippen molar-refractivity contribution in [3.05, 3.63) is 192 Å². The van der Waals surface area contributed by atoms with Crippen LogP contribution >= 0.6 is 0 Å². The van der Waals surface area contributed by atoms with E-state index in [0.29, 0.717) is 17.5 Å². The molecule has 8 aromatic rings. The molecule has 280 valence electrons. The third-order valence-electron chi connectivity index (χ3n) is 12.6. The largest absolute Gasteiger partial charge is 0.497 e. The van der Waals surface area contributed by atoms with E-state index in [2.05, 4.69) is 97.1 Å². The lowest BCUT2D eigenvalue weighted by Gasteiger charge is -2.41. The Morgan fingerprint density at radius 1 is 0.534 bits per heavy atom. The highest BCUT2D eigenvalue weighted by Gasteiger charge is 2.48. The van der Waals surface area contributed by atoms with Gasteiger partial charge in [-0.1, -0.05) is 171 Å². The molecule has 5 heteroatoms. The minimum Gasteiger partial charge on any atom is -0.497 e. The molecular weight excluding hydrogens is 711 g/mol. The molecule has 5 nitrogen and oxygen atoms in total. The van der Waals surface area contributed by atoms with E-state index in [9.17, 15) is 0 Å². The molecule has 1 unspecified atom stereocenters. The number of ether oxygens (including phenoxy) is 2. The second-order valence-corrected chi connectivity index (χ2v) is 15.7. The summed E-state index contributed by atoms with van der Waals surface area (Å²) in [5, 5.41) is 2.38. The monoisotopic (exact) mass is 751 g/mol. The maximum atomic E-state index is 7.67. The second-order valence-electron chi connectivity index (χ2n) is 15.7. The Kier molecular flexibility index (Phi) is 8.11. The van der Waals surface area contributed by atoms with E-state index >= 15 is 0 Å². The molecule has 2 aliphatic carbocycles. The molecule has 1 atom stereocenters. The molecule has 58 heavy (non-hydrogen) atoms. The van der Waals surface area contributed by atoms with Crippen LogP contribution in [0.5, 0.6) is 11.5 Å². The van der Waals surface area contributed by atoms with Crippen LogP contribution in [0.3, 0.4) is 0 Å². The standard InChI is InChI=1S/C53H41N3O2/c1-57-40-29-27-39(28-30-40)53(38-25-23-37(24-26-38)51-55-49(35-15-5-2-6-16-35)54-50(56-51)36-17-7-3-8-18-36)34-31-44-47-46(41-19-9-10-20-42(41)48(44)58-53)43-21-11-12-22-45(43)52(47)32-13-4-14-33-52/h2-3,5-12,15-31,34H,4,13-14,32-33H2,1H3. The molecule has 2 heterocycles. The van der Waals surface area contributed by atoms with Crippen LogP contribution in [0.4, 0.5) is 0 Å². The van der Waals surface area contributed by atoms with E-state index < -0.39 is 5.60 Å². The van der Waals surface area contributed by atoms with Gasteiger partial charge >= 0.3 is 0 Å². The predicted octanol–water partition coefficient (Wildman–Crippen LogP) is 12.6. The third-order valence-corrected chi connectivity index (χ3v) is 12.6. The first kappa shape index (κ1) is 34.4. The Hall–Kier alpha value is -6.85. The normalized spacial score (nSPS) is 17.3. The van der Waals surface area contributed by atoms with Crippen LogP contribution in [0, 0.1) is 0 Å². The first-order chi connectivity index (χ1) is 28.6. The molecule has 11 rings (SSSR count). The number of hydrogen-bond donors (Lipinski definition) is 0. The highest BCUT2D eigenvalue weighted by molar-refractivity contribution is 6.08. The SMILES string of the molecule is COc1ccc(C2(c3ccc(-c4nc(-c5ccccc5)nc(-c5ccccc5)n4)cc3)C=Cc3c4c(c5ccccc5c3O2)-c2ccccc2C42CCCCC2)cc1. The summed E-state index contributed by atoms with van der Waals surface area (Å²) >= 11 is 0. The van der Waals surface area contributed by atoms with Gasteiger partial charge in [0, 0.05) is 44.2 Å². The van der Waals surface area contributed by atoms with Gasteiger partial charge in [0.1, 0.15) is 11.5 Å². The van der Waals surface area contributed by atoms with Gasteiger partial charge in [0.05, 0.1) is 7.11 Å². The van der Waals surface area contributed by atoms with E-state index in [4.69, 9.17) is 24.4 Å². The molecule has 1 spiro atoms. The Bertz CT molecular complexity index is 2810. The fraction of sp³-hybridized carbons (Fsp3) is 0.151. The fourth-order valence-corrected chi connectivity index (χ4v) is 9.92. The first-order valence-electron chi connectivity index (χ1n) is 20.3. The minimum absolute atomic E-state index is 0.0322. The van der Waals surface area contributed by atoms with Crippen molar-refractivity contribution in [2.75, 3.05) is 7.11 Å². The number of fused-ring (bicyclic) bond motifs is 10. The van der Waals surface area contributed by atoms with Crippen LogP contribution in [-0.2, 0) is 11.0 Å². The van der Waals surface area contributed by atoms with Gasteiger partial charge in [-0.3, -0.25) is 0 Å². The molecule has 1 saturated carbocycles. The topological polar surface area (TPSA) is 57.1 Å². The van der Waals surface area contributed by atoms with Crippen LogP contribution in [-0.4, -0.2) is 22.1 Å². The fourth-order valence-electron chi connectivity index (χ4n) is 9.92. The van der Waals surface area contributed by atoms with Crippen LogP contribution in [0.15, 0.2) is 164 Å². The highest BCUT2D eigenvalue weighted by Crippen LogP contribution is 2.62. The van der Waals surface area contributed by atoms with Crippen LogP contribution < -0.4 is 9.47 Å². The molecule has 0 saturated heterocycles. The Balaban J connectivity index is 1.09. The summed E-state index contributed by atoms with van der Waals surface area (Å²) in [5.41, 5.74) is 10.7. The highest BCUT2D eigenvalue weighted by atomic mass is 16.5. The molecule has 0 amide bonds. The summed E-state index contributed by atoms with van der Waals surface area (Å²) in [4.78, 5) is 14.9. The molecule has 0 N–H and O–H groups in total. The van der Waals surface area contributed by atoms with E-state index in [-0.39, 0.29) is 5.41 Å². The van der Waals surface area contributed by atoms with Gasteiger partial charge in [-0.25, -0.2) is 15.0 Å². The number of rotatable bonds is 6. The van der Waals surface area contributed by atoms with Gasteiger partial charge < -0.3 is 9.47 Å². The lowest BCUT2D eigenvalue weighted by Crippen LogP contribution is -2.35. The molecular formula is C53H41N3O2. The van der Waals surface area contributed by atoms with Crippen molar-refractivity contribution in [3.63, 3.8) is 0 Å². The zero-order chi connectivity index (χ0) is 38.7. The average Bonchev–Trinajstić information content (AvgIpc) is 3.58. The van der Waals surface area contributed by atoms with Gasteiger partial charge in [-0.2, -0.15) is 0 Å². The predicted molar refractivity (Wildman–Crippen MR) is 233 cm³/mol. The Labute approximate surface area is 338 Å². The van der Waals surface area contributed by atoms with Crippen molar-refractivity contribution in [3.8, 4) is 56.8 Å². The number of hydrogen-bond acceptors (Lipinski definition) is 5. The molecule has 1 aromatic heterocycles. The van der Waals surface area contributed by atoms with Gasteiger partial charge in [-0.05, 0) is 58.7 Å². The van der Waals surface area contributed by atoms with E-state index in [0.717, 1.165) is 57.5 Å². The first-order valence-corrected chi connectivity index (χ1v) is 20.3. The van der Waals surface area contributed by atoms with Gasteiger partial charge in [0.2, 0.25) is 0 Å². The number of methoxy groups -OCH3 is 1. The zero-order valence-corrected chi connectivity index (χ0v) is 32.4. The minimum atomic E-state index is -0.927. The summed E-state index contributed by atoms with van der Waals surface area (Å²) in [6, 6.07) is 55.0. The van der Waals surface area contributed by atoms with E-state index in [1.165, 1.54) is 52.5 Å². The summed E-state index contributed by atoms with van der Waals surface area (Å²) in [6.07, 6.45) is 10.7. The van der Waals surface area contributed by atoms with Gasteiger partial charge in [0.25, 0.3) is 0 Å². The maximum absolute atomic E-state index is 7.67. The number of benzene rings is 7. The number of nitrogens with zero attached hydrogens (tertiary/aromatic N) is 3. The molecule has 0 bridgehead atoms. The van der Waals surface area contributed by atoms with Crippen LogP contribution in [0.1, 0.15) is 59.9 Å². The van der Waals surface area contributed by atoms with Crippen molar-refractivity contribution in [1.29, 1.82) is 0 Å². The summed E-state index contributed by atoms with van der Waals surface area (Å²) < 4.78 is 13.3. The van der Waals surface area contributed by atoms with Crippen molar-refractivity contribution in [1.82, 2.24) is 15.0 Å². The second kappa shape index (κ2) is 13.7. The Morgan fingerprint density at radius 3 is 1.69 bits per heavy atom. The summed E-state index contributed by atoms with van der Waals surface area (Å²) in [5.74, 6) is 3.62. The summed E-state index contributed by atoms with van der Waals surface area (Å²) in [6.45, 7) is 0. The van der Waals surface area contributed by atoms with E-state index in [1.54, 1.807) is 7.11 Å². The average molecular weight is 752 g/mol. The maximum Gasteiger partial charge on any atom is 0.178 e. The van der Waals surface area contributed by atoms with Crippen molar-refractivity contribution < 1.29 is 9.47 Å². The smallest absolute Gasteiger partial charge is 0.178 e. The quantitative estimate of drug-likeness (QED) is 0.169. The summed E-state index contributed by atoms with van der Waals surface area (Å²) in [7, 11) is 1.70. The van der Waals surface area contributed by atoms with Crippen molar-refractivity contribution >= 4 is 16.8 Å². The van der Waals surface area contributed by atoms with Crippen LogP contribution in [0.2, 0.25) is 0 Å².